The summed E-state index contributed by atoms with van der Waals surface area (Å²) in [4.78, 5) is 35.2. The normalized spacial score (nSPS) is 10.1. The fourth-order valence-electron chi connectivity index (χ4n) is 2.29. The highest BCUT2D eigenvalue weighted by Crippen LogP contribution is 2.17. The molecular weight excluding hydrogens is 360 g/mol. The van der Waals surface area contributed by atoms with Crippen molar-refractivity contribution in [3.8, 4) is 5.75 Å². The summed E-state index contributed by atoms with van der Waals surface area (Å²) >= 11 is 0. The lowest BCUT2D eigenvalue weighted by atomic mass is 10.2. The van der Waals surface area contributed by atoms with Crippen molar-refractivity contribution in [2.75, 3.05) is 37.4 Å². The van der Waals surface area contributed by atoms with Crippen LogP contribution in [-0.4, -0.2) is 44.5 Å². The fraction of sp³-hybridized carbons (Fsp3) is 0.250. The number of carbonyl (C=O) groups excluding carboxylic acids is 3. The molecule has 0 aliphatic rings. The molecule has 0 bridgehead atoms. The summed E-state index contributed by atoms with van der Waals surface area (Å²) in [6, 6.07) is 13.6. The number of rotatable bonds is 9. The molecule has 0 radical (unpaired) electrons. The number of likely N-dealkylation sites (N-methyl/N-ethyl adjacent to an activating group) is 1. The Morgan fingerprint density at radius 1 is 0.821 bits per heavy atom. The van der Waals surface area contributed by atoms with E-state index in [1.54, 1.807) is 48.5 Å². The van der Waals surface area contributed by atoms with Crippen molar-refractivity contribution in [2.24, 2.45) is 0 Å². The van der Waals surface area contributed by atoms with Crippen molar-refractivity contribution < 1.29 is 19.1 Å². The van der Waals surface area contributed by atoms with Crippen LogP contribution in [0.25, 0.3) is 0 Å². The Bertz CT molecular complexity index is 804. The molecule has 2 aromatic carbocycles. The summed E-state index contributed by atoms with van der Waals surface area (Å²) in [7, 11) is 1.53. The van der Waals surface area contributed by atoms with Crippen LogP contribution in [0.4, 0.5) is 11.4 Å². The minimum absolute atomic E-state index is 0.00734. The molecule has 0 saturated heterocycles. The molecule has 0 heterocycles. The molecular formula is C20H24N4O4. The van der Waals surface area contributed by atoms with Crippen molar-refractivity contribution in [3.05, 3.63) is 54.1 Å². The Morgan fingerprint density at radius 3 is 2.00 bits per heavy atom. The van der Waals surface area contributed by atoms with Gasteiger partial charge < -0.3 is 20.7 Å². The van der Waals surface area contributed by atoms with E-state index in [2.05, 4.69) is 21.3 Å². The fourth-order valence-corrected chi connectivity index (χ4v) is 2.29. The van der Waals surface area contributed by atoms with Crippen LogP contribution in [0.5, 0.6) is 5.75 Å². The lowest BCUT2D eigenvalue weighted by Crippen LogP contribution is -2.36. The maximum Gasteiger partial charge on any atom is 0.255 e. The van der Waals surface area contributed by atoms with Crippen LogP contribution in [0.2, 0.25) is 0 Å². The van der Waals surface area contributed by atoms with Gasteiger partial charge in [0, 0.05) is 24.0 Å². The summed E-state index contributed by atoms with van der Waals surface area (Å²) in [6.07, 6.45) is 0. The van der Waals surface area contributed by atoms with Gasteiger partial charge in [-0.2, -0.15) is 0 Å². The van der Waals surface area contributed by atoms with Crippen LogP contribution in [0.3, 0.4) is 0 Å². The van der Waals surface area contributed by atoms with E-state index in [-0.39, 0.29) is 30.8 Å². The van der Waals surface area contributed by atoms with Crippen LogP contribution in [0.1, 0.15) is 17.3 Å². The molecule has 28 heavy (non-hydrogen) atoms. The molecule has 0 aromatic heterocycles. The SMILES string of the molecule is CCOc1ccc(NC(=O)c2ccc(NC(=O)CNCC(=O)NC)cc2)cc1. The summed E-state index contributed by atoms with van der Waals surface area (Å²) in [5, 5.41) is 10.7. The summed E-state index contributed by atoms with van der Waals surface area (Å²) < 4.78 is 5.37. The van der Waals surface area contributed by atoms with E-state index in [4.69, 9.17) is 4.74 Å². The molecule has 0 atom stereocenters. The smallest absolute Gasteiger partial charge is 0.255 e. The number of benzene rings is 2. The van der Waals surface area contributed by atoms with Crippen molar-refractivity contribution in [1.82, 2.24) is 10.6 Å². The van der Waals surface area contributed by atoms with Gasteiger partial charge in [-0.3, -0.25) is 19.7 Å². The number of hydrogen-bond acceptors (Lipinski definition) is 5. The number of hydrogen-bond donors (Lipinski definition) is 4. The van der Waals surface area contributed by atoms with E-state index in [0.717, 1.165) is 5.75 Å². The lowest BCUT2D eigenvalue weighted by Gasteiger charge is -2.09. The summed E-state index contributed by atoms with van der Waals surface area (Å²) in [5.41, 5.74) is 1.68. The Hall–Kier alpha value is -3.39. The summed E-state index contributed by atoms with van der Waals surface area (Å²) in [5.74, 6) is 0.00544. The van der Waals surface area contributed by atoms with Gasteiger partial charge >= 0.3 is 0 Å². The zero-order valence-electron chi connectivity index (χ0n) is 15.9. The molecule has 0 unspecified atom stereocenters. The van der Waals surface area contributed by atoms with E-state index in [1.165, 1.54) is 7.05 Å². The molecule has 0 aliphatic carbocycles. The molecule has 0 fully saturated rings. The van der Waals surface area contributed by atoms with Crippen LogP contribution < -0.4 is 26.0 Å². The molecule has 8 nitrogen and oxygen atoms in total. The number of amides is 3. The lowest BCUT2D eigenvalue weighted by molar-refractivity contribution is -0.120. The predicted octanol–water partition coefficient (Wildman–Crippen LogP) is 1.61. The first-order chi connectivity index (χ1) is 13.5. The van der Waals surface area contributed by atoms with Crippen LogP contribution >= 0.6 is 0 Å². The third-order valence-electron chi connectivity index (χ3n) is 3.70. The minimum Gasteiger partial charge on any atom is -0.494 e. The Kier molecular flexibility index (Phi) is 7.98. The quantitative estimate of drug-likeness (QED) is 0.525. The van der Waals surface area contributed by atoms with E-state index in [9.17, 15) is 14.4 Å². The average molecular weight is 384 g/mol. The predicted molar refractivity (Wildman–Crippen MR) is 108 cm³/mol. The number of anilines is 2. The molecule has 0 saturated carbocycles. The minimum atomic E-state index is -0.282. The van der Waals surface area contributed by atoms with Gasteiger partial charge in [-0.15, -0.1) is 0 Å². The highest BCUT2D eigenvalue weighted by atomic mass is 16.5. The topological polar surface area (TPSA) is 109 Å². The number of ether oxygens (including phenoxy) is 1. The third-order valence-corrected chi connectivity index (χ3v) is 3.70. The van der Waals surface area contributed by atoms with Crippen molar-refractivity contribution >= 4 is 29.1 Å². The second kappa shape index (κ2) is 10.7. The Balaban J connectivity index is 1.84. The first-order valence-corrected chi connectivity index (χ1v) is 8.87. The van der Waals surface area contributed by atoms with Gasteiger partial charge in [0.25, 0.3) is 5.91 Å². The summed E-state index contributed by atoms with van der Waals surface area (Å²) in [6.45, 7) is 2.56. The molecule has 0 aliphatic heterocycles. The van der Waals surface area contributed by atoms with E-state index in [0.29, 0.717) is 23.5 Å². The van der Waals surface area contributed by atoms with Gasteiger partial charge in [-0.25, -0.2) is 0 Å². The molecule has 8 heteroatoms. The van der Waals surface area contributed by atoms with E-state index >= 15 is 0 Å². The second-order valence-corrected chi connectivity index (χ2v) is 5.81. The largest absolute Gasteiger partial charge is 0.494 e. The van der Waals surface area contributed by atoms with Gasteiger partial charge in [-0.1, -0.05) is 0 Å². The standard InChI is InChI=1S/C20H24N4O4/c1-3-28-17-10-8-16(9-11-17)24-20(27)14-4-6-15(7-5-14)23-19(26)13-22-12-18(25)21-2/h4-11,22H,3,12-13H2,1-2H3,(H,21,25)(H,23,26)(H,24,27). The Morgan fingerprint density at radius 2 is 1.39 bits per heavy atom. The zero-order chi connectivity index (χ0) is 20.4. The first kappa shape index (κ1) is 20.9. The van der Waals surface area contributed by atoms with Gasteiger partial charge in [-0.05, 0) is 55.5 Å². The Labute approximate surface area is 163 Å². The van der Waals surface area contributed by atoms with Gasteiger partial charge in [0.05, 0.1) is 19.7 Å². The van der Waals surface area contributed by atoms with Gasteiger partial charge in [0.15, 0.2) is 0 Å². The van der Waals surface area contributed by atoms with Gasteiger partial charge in [0.2, 0.25) is 11.8 Å². The first-order valence-electron chi connectivity index (χ1n) is 8.87. The van der Waals surface area contributed by atoms with Crippen LogP contribution in [0.15, 0.2) is 48.5 Å². The average Bonchev–Trinajstić information content (AvgIpc) is 2.70. The maximum atomic E-state index is 12.3. The third kappa shape index (κ3) is 6.73. The highest BCUT2D eigenvalue weighted by molar-refractivity contribution is 6.04. The zero-order valence-corrected chi connectivity index (χ0v) is 15.9. The highest BCUT2D eigenvalue weighted by Gasteiger charge is 2.08. The molecule has 4 N–H and O–H groups in total. The van der Waals surface area contributed by atoms with E-state index in [1.807, 2.05) is 6.92 Å². The van der Waals surface area contributed by atoms with Crippen LogP contribution in [0, 0.1) is 0 Å². The van der Waals surface area contributed by atoms with Crippen LogP contribution in [-0.2, 0) is 9.59 Å². The molecule has 3 amide bonds. The molecule has 148 valence electrons. The second-order valence-electron chi connectivity index (χ2n) is 5.81. The van der Waals surface area contributed by atoms with Gasteiger partial charge in [0.1, 0.15) is 5.75 Å². The van der Waals surface area contributed by atoms with E-state index < -0.39 is 0 Å². The number of nitrogens with one attached hydrogen (secondary N) is 4. The maximum absolute atomic E-state index is 12.3. The molecule has 2 rings (SSSR count). The van der Waals surface area contributed by atoms with Crippen molar-refractivity contribution in [2.45, 2.75) is 6.92 Å². The molecule has 2 aromatic rings. The van der Waals surface area contributed by atoms with Crippen molar-refractivity contribution in [1.29, 1.82) is 0 Å². The number of carbonyl (C=O) groups is 3. The monoisotopic (exact) mass is 384 g/mol. The van der Waals surface area contributed by atoms with Crippen molar-refractivity contribution in [3.63, 3.8) is 0 Å². The molecule has 0 spiro atoms.